The summed E-state index contributed by atoms with van der Waals surface area (Å²) in [6.07, 6.45) is 2.01. The maximum Gasteiger partial charge on any atom is 0.221 e. The number of nitrogens with zero attached hydrogens (tertiary/aromatic N) is 1. The monoisotopic (exact) mass is 383 g/mol. The number of ether oxygens (including phenoxy) is 1. The fraction of sp³-hybridized carbons (Fsp3) is 0.409. The highest BCUT2D eigenvalue weighted by Crippen LogP contribution is 2.43. The Morgan fingerprint density at radius 1 is 1.29 bits per heavy atom. The molecule has 5 nitrogen and oxygen atoms in total. The number of fused-ring (bicyclic) bond motifs is 3. The van der Waals surface area contributed by atoms with Crippen LogP contribution in [0.3, 0.4) is 0 Å². The maximum atomic E-state index is 12.9. The Hall–Kier alpha value is -2.60. The van der Waals surface area contributed by atoms with Crippen LogP contribution in [0.5, 0.6) is 5.75 Å². The third kappa shape index (κ3) is 4.12. The van der Waals surface area contributed by atoms with E-state index in [-0.39, 0.29) is 11.7 Å². The van der Waals surface area contributed by atoms with Gasteiger partial charge in [-0.25, -0.2) is 4.39 Å². The highest BCUT2D eigenvalue weighted by atomic mass is 19.1. The van der Waals surface area contributed by atoms with E-state index in [0.29, 0.717) is 24.3 Å². The van der Waals surface area contributed by atoms with Crippen LogP contribution >= 0.6 is 0 Å². The summed E-state index contributed by atoms with van der Waals surface area (Å²) in [7, 11) is 0. The summed E-state index contributed by atoms with van der Waals surface area (Å²) in [5, 5.41) is 6.56. The molecular formula is C22H26FN3O2. The molecule has 2 heterocycles. The summed E-state index contributed by atoms with van der Waals surface area (Å²) >= 11 is 0. The first kappa shape index (κ1) is 18.7. The molecular weight excluding hydrogens is 357 g/mol. The van der Waals surface area contributed by atoms with E-state index in [9.17, 15) is 9.18 Å². The van der Waals surface area contributed by atoms with Gasteiger partial charge in [-0.1, -0.05) is 12.1 Å². The summed E-state index contributed by atoms with van der Waals surface area (Å²) in [5.41, 5.74) is 3.25. The van der Waals surface area contributed by atoms with Gasteiger partial charge in [-0.3, -0.25) is 4.79 Å². The number of para-hydroxylation sites is 1. The van der Waals surface area contributed by atoms with E-state index in [1.807, 2.05) is 12.1 Å². The Labute approximate surface area is 164 Å². The third-order valence-corrected chi connectivity index (χ3v) is 5.53. The Morgan fingerprint density at radius 3 is 2.89 bits per heavy atom. The average molecular weight is 383 g/mol. The van der Waals surface area contributed by atoms with Gasteiger partial charge in [-0.15, -0.1) is 0 Å². The minimum Gasteiger partial charge on any atom is -0.494 e. The SMILES string of the molecule is CC(=O)Nc1cccc2c1N[C@H]1CCN(CCCOc3ccc(F)cc3)C[C@@H]21. The highest BCUT2D eigenvalue weighted by molar-refractivity contribution is 5.94. The number of anilines is 2. The lowest BCUT2D eigenvalue weighted by atomic mass is 9.89. The Morgan fingerprint density at radius 2 is 2.11 bits per heavy atom. The van der Waals surface area contributed by atoms with Gasteiger partial charge in [0.2, 0.25) is 5.91 Å². The molecule has 0 aromatic heterocycles. The topological polar surface area (TPSA) is 53.6 Å². The van der Waals surface area contributed by atoms with E-state index in [1.165, 1.54) is 24.6 Å². The average Bonchev–Trinajstić information content (AvgIpc) is 3.05. The number of nitrogens with one attached hydrogen (secondary N) is 2. The van der Waals surface area contributed by atoms with E-state index in [2.05, 4.69) is 21.6 Å². The molecule has 0 unspecified atom stereocenters. The molecule has 0 saturated carbocycles. The van der Waals surface area contributed by atoms with Crippen LogP contribution in [-0.2, 0) is 4.79 Å². The van der Waals surface area contributed by atoms with Gasteiger partial charge in [-0.2, -0.15) is 0 Å². The van der Waals surface area contributed by atoms with E-state index in [4.69, 9.17) is 4.74 Å². The number of amides is 1. The quantitative estimate of drug-likeness (QED) is 0.745. The van der Waals surface area contributed by atoms with Crippen LogP contribution in [0.25, 0.3) is 0 Å². The minimum atomic E-state index is -0.248. The van der Waals surface area contributed by atoms with Crippen molar-refractivity contribution in [1.29, 1.82) is 0 Å². The zero-order chi connectivity index (χ0) is 19.5. The smallest absolute Gasteiger partial charge is 0.221 e. The number of carbonyl (C=O) groups excluding carboxylic acids is 1. The van der Waals surface area contributed by atoms with Crippen molar-refractivity contribution in [2.75, 3.05) is 36.9 Å². The summed E-state index contributed by atoms with van der Waals surface area (Å²) in [6, 6.07) is 12.7. The standard InChI is InChI=1S/C22H26FN3O2/c1-15(27)24-21-5-2-4-18-19-14-26(12-10-20(19)25-22(18)21)11-3-13-28-17-8-6-16(23)7-9-17/h2,4-9,19-20,25H,3,10-14H2,1H3,(H,24,27)/t19-,20-/m0/s1. The van der Waals surface area contributed by atoms with Crippen molar-refractivity contribution in [3.05, 3.63) is 53.8 Å². The maximum absolute atomic E-state index is 12.9. The van der Waals surface area contributed by atoms with Crippen molar-refractivity contribution >= 4 is 17.3 Å². The van der Waals surface area contributed by atoms with Gasteiger partial charge < -0.3 is 20.3 Å². The number of hydrogen-bond acceptors (Lipinski definition) is 4. The van der Waals surface area contributed by atoms with Crippen LogP contribution < -0.4 is 15.4 Å². The molecule has 2 aromatic carbocycles. The van der Waals surface area contributed by atoms with Gasteiger partial charge in [0.25, 0.3) is 0 Å². The van der Waals surface area contributed by atoms with Gasteiger partial charge in [0, 0.05) is 38.5 Å². The second kappa shape index (κ2) is 8.19. The summed E-state index contributed by atoms with van der Waals surface area (Å²) in [5.74, 6) is 0.852. The molecule has 0 aliphatic carbocycles. The van der Waals surface area contributed by atoms with Crippen molar-refractivity contribution in [2.45, 2.75) is 31.7 Å². The first-order chi connectivity index (χ1) is 13.6. The molecule has 0 spiro atoms. The number of halogens is 1. The van der Waals surface area contributed by atoms with E-state index in [1.54, 1.807) is 12.1 Å². The summed E-state index contributed by atoms with van der Waals surface area (Å²) in [6.45, 7) is 5.19. The molecule has 2 aliphatic rings. The van der Waals surface area contributed by atoms with Crippen molar-refractivity contribution in [3.8, 4) is 5.75 Å². The van der Waals surface area contributed by atoms with E-state index >= 15 is 0 Å². The Balaban J connectivity index is 1.31. The van der Waals surface area contributed by atoms with Crippen LogP contribution in [0.15, 0.2) is 42.5 Å². The van der Waals surface area contributed by atoms with Crippen LogP contribution in [0, 0.1) is 5.82 Å². The Bertz CT molecular complexity index is 840. The van der Waals surface area contributed by atoms with Crippen molar-refractivity contribution in [2.24, 2.45) is 0 Å². The molecule has 1 amide bonds. The first-order valence-electron chi connectivity index (χ1n) is 9.88. The number of rotatable bonds is 6. The van der Waals surface area contributed by atoms with Crippen molar-refractivity contribution in [1.82, 2.24) is 4.90 Å². The fourth-order valence-corrected chi connectivity index (χ4v) is 4.24. The molecule has 1 saturated heterocycles. The number of benzene rings is 2. The van der Waals surface area contributed by atoms with Crippen LogP contribution in [0.1, 0.15) is 31.2 Å². The zero-order valence-corrected chi connectivity index (χ0v) is 16.1. The van der Waals surface area contributed by atoms with Crippen LogP contribution in [-0.4, -0.2) is 43.1 Å². The minimum absolute atomic E-state index is 0.0483. The molecule has 2 aliphatic heterocycles. The molecule has 28 heavy (non-hydrogen) atoms. The Kier molecular flexibility index (Phi) is 5.48. The van der Waals surface area contributed by atoms with Crippen LogP contribution in [0.4, 0.5) is 15.8 Å². The zero-order valence-electron chi connectivity index (χ0n) is 16.1. The van der Waals surface area contributed by atoms with Crippen LogP contribution in [0.2, 0.25) is 0 Å². The van der Waals surface area contributed by atoms with Crippen molar-refractivity contribution in [3.63, 3.8) is 0 Å². The third-order valence-electron chi connectivity index (χ3n) is 5.53. The fourth-order valence-electron chi connectivity index (χ4n) is 4.24. The molecule has 1 fully saturated rings. The number of carbonyl (C=O) groups is 1. The molecule has 2 atom stereocenters. The first-order valence-corrected chi connectivity index (χ1v) is 9.88. The number of piperidine rings is 1. The predicted molar refractivity (Wildman–Crippen MR) is 108 cm³/mol. The molecule has 148 valence electrons. The van der Waals surface area contributed by atoms with E-state index in [0.717, 1.165) is 43.9 Å². The molecule has 2 aromatic rings. The van der Waals surface area contributed by atoms with Gasteiger partial charge in [0.05, 0.1) is 18.0 Å². The second-order valence-electron chi connectivity index (χ2n) is 7.55. The van der Waals surface area contributed by atoms with E-state index < -0.39 is 0 Å². The van der Waals surface area contributed by atoms with Gasteiger partial charge in [0.15, 0.2) is 0 Å². The lowest BCUT2D eigenvalue weighted by Crippen LogP contribution is -2.42. The highest BCUT2D eigenvalue weighted by Gasteiger charge is 2.37. The predicted octanol–water partition coefficient (Wildman–Crippen LogP) is 3.84. The molecule has 0 bridgehead atoms. The van der Waals surface area contributed by atoms with Crippen molar-refractivity contribution < 1.29 is 13.9 Å². The molecule has 6 heteroatoms. The number of likely N-dealkylation sites (tertiary alicyclic amines) is 1. The molecule has 2 N–H and O–H groups in total. The lowest BCUT2D eigenvalue weighted by Gasteiger charge is -2.35. The van der Waals surface area contributed by atoms with Gasteiger partial charge in [-0.05, 0) is 48.7 Å². The second-order valence-corrected chi connectivity index (χ2v) is 7.55. The van der Waals surface area contributed by atoms with Gasteiger partial charge >= 0.3 is 0 Å². The normalized spacial score (nSPS) is 20.8. The molecule has 0 radical (unpaired) electrons. The summed E-state index contributed by atoms with van der Waals surface area (Å²) < 4.78 is 18.6. The number of hydrogen-bond donors (Lipinski definition) is 2. The lowest BCUT2D eigenvalue weighted by molar-refractivity contribution is -0.114. The largest absolute Gasteiger partial charge is 0.494 e. The molecule has 4 rings (SSSR count). The summed E-state index contributed by atoms with van der Waals surface area (Å²) in [4.78, 5) is 14.0. The van der Waals surface area contributed by atoms with Gasteiger partial charge in [0.1, 0.15) is 11.6 Å².